The zero-order valence-electron chi connectivity index (χ0n) is 17.0. The van der Waals surface area contributed by atoms with Crippen LogP contribution in [0.5, 0.6) is 0 Å². The molecule has 3 amide bonds. The van der Waals surface area contributed by atoms with Crippen LogP contribution in [0, 0.1) is 0 Å². The summed E-state index contributed by atoms with van der Waals surface area (Å²) < 4.78 is 3.53. The number of nitrogens with one attached hydrogen (secondary N) is 1. The van der Waals surface area contributed by atoms with E-state index in [1.807, 2.05) is 29.2 Å². The molecule has 1 aromatic carbocycles. The summed E-state index contributed by atoms with van der Waals surface area (Å²) in [5.74, 6) is -0.907. The lowest BCUT2D eigenvalue weighted by atomic mass is 10.0. The first-order chi connectivity index (χ1) is 15.0. The summed E-state index contributed by atoms with van der Waals surface area (Å²) in [4.78, 5) is 38.0. The van der Waals surface area contributed by atoms with E-state index in [4.69, 9.17) is 0 Å². The lowest BCUT2D eigenvalue weighted by Crippen LogP contribution is -2.52. The molecule has 2 aliphatic rings. The highest BCUT2D eigenvalue weighted by molar-refractivity contribution is 6.05. The lowest BCUT2D eigenvalue weighted by Gasteiger charge is -2.29. The van der Waals surface area contributed by atoms with Crippen molar-refractivity contribution in [3.63, 3.8) is 0 Å². The Balaban J connectivity index is 1.37. The van der Waals surface area contributed by atoms with E-state index in [9.17, 15) is 14.4 Å². The molecule has 1 fully saturated rings. The molecule has 2 aromatic heterocycles. The standard InChI is InChI=1S/C21H21N7O3/c1-2-7-26-10-14(9-22-26)17-12-28(25-24-17)15-3-4-16-13(8-15)11-27(21(16)31)18-5-6-19(29)23-20(18)30/h3-4,8-10,12,18H,2,5-7,11H2,1H3,(H,23,29,30). The molecule has 2 aliphatic heterocycles. The second-order valence-corrected chi connectivity index (χ2v) is 7.78. The second kappa shape index (κ2) is 7.46. The van der Waals surface area contributed by atoms with Crippen LogP contribution in [0.15, 0.2) is 36.8 Å². The van der Waals surface area contributed by atoms with Crippen LogP contribution in [-0.4, -0.2) is 53.4 Å². The number of aryl methyl sites for hydroxylation is 1. The lowest BCUT2D eigenvalue weighted by molar-refractivity contribution is -0.136. The minimum absolute atomic E-state index is 0.196. The summed E-state index contributed by atoms with van der Waals surface area (Å²) in [6.07, 6.45) is 7.11. The van der Waals surface area contributed by atoms with E-state index < -0.39 is 11.9 Å². The van der Waals surface area contributed by atoms with Gasteiger partial charge in [0.15, 0.2) is 0 Å². The average molecular weight is 419 g/mol. The van der Waals surface area contributed by atoms with E-state index in [0.29, 0.717) is 24.2 Å². The number of nitrogens with zero attached hydrogens (tertiary/aromatic N) is 6. The molecule has 0 radical (unpaired) electrons. The van der Waals surface area contributed by atoms with Crippen molar-refractivity contribution in [3.8, 4) is 16.9 Å². The Labute approximate surface area is 177 Å². The molecule has 1 N–H and O–H groups in total. The van der Waals surface area contributed by atoms with Crippen molar-refractivity contribution in [2.24, 2.45) is 0 Å². The van der Waals surface area contributed by atoms with Gasteiger partial charge >= 0.3 is 0 Å². The average Bonchev–Trinajstić information content (AvgIpc) is 3.47. The molecule has 1 atom stereocenters. The summed E-state index contributed by atoms with van der Waals surface area (Å²) in [5.41, 5.74) is 3.76. The first-order valence-electron chi connectivity index (χ1n) is 10.3. The smallest absolute Gasteiger partial charge is 0.255 e. The normalized spacial score (nSPS) is 18.4. The van der Waals surface area contributed by atoms with Crippen molar-refractivity contribution in [3.05, 3.63) is 47.9 Å². The van der Waals surface area contributed by atoms with Crippen LogP contribution in [0.1, 0.15) is 42.1 Å². The van der Waals surface area contributed by atoms with Gasteiger partial charge in [0.25, 0.3) is 5.91 Å². The van der Waals surface area contributed by atoms with Gasteiger partial charge in [-0.05, 0) is 36.6 Å². The van der Waals surface area contributed by atoms with E-state index in [0.717, 1.165) is 29.8 Å². The number of aromatic nitrogens is 5. The van der Waals surface area contributed by atoms with Gasteiger partial charge in [-0.25, -0.2) is 4.68 Å². The van der Waals surface area contributed by atoms with Crippen LogP contribution in [0.3, 0.4) is 0 Å². The molecule has 0 spiro atoms. The summed E-state index contributed by atoms with van der Waals surface area (Å²) in [5, 5.41) is 15.1. The van der Waals surface area contributed by atoms with Gasteiger partial charge in [-0.2, -0.15) is 5.10 Å². The number of fused-ring (bicyclic) bond motifs is 1. The summed E-state index contributed by atoms with van der Waals surface area (Å²) >= 11 is 0. The van der Waals surface area contributed by atoms with Gasteiger partial charge in [-0.15, -0.1) is 5.10 Å². The number of amides is 3. The van der Waals surface area contributed by atoms with Crippen LogP contribution in [-0.2, 0) is 22.7 Å². The first kappa shape index (κ1) is 19.2. The minimum atomic E-state index is -0.626. The van der Waals surface area contributed by atoms with Gasteiger partial charge in [0, 0.05) is 36.8 Å². The molecular weight excluding hydrogens is 398 g/mol. The third-order valence-electron chi connectivity index (χ3n) is 5.65. The predicted octanol–water partition coefficient (Wildman–Crippen LogP) is 1.30. The van der Waals surface area contributed by atoms with Crippen molar-refractivity contribution >= 4 is 17.7 Å². The number of piperidine rings is 1. The number of carbonyl (C=O) groups is 3. The summed E-state index contributed by atoms with van der Waals surface area (Å²) in [6, 6.07) is 4.82. The Kier molecular flexibility index (Phi) is 4.61. The molecule has 10 heteroatoms. The minimum Gasteiger partial charge on any atom is -0.322 e. The Morgan fingerprint density at radius 3 is 2.87 bits per heavy atom. The van der Waals surface area contributed by atoms with Crippen LogP contribution in [0.2, 0.25) is 0 Å². The van der Waals surface area contributed by atoms with E-state index in [2.05, 4.69) is 27.7 Å². The first-order valence-corrected chi connectivity index (χ1v) is 10.3. The Hall–Kier alpha value is -3.82. The number of imide groups is 1. The van der Waals surface area contributed by atoms with Crippen molar-refractivity contribution < 1.29 is 14.4 Å². The van der Waals surface area contributed by atoms with Crippen molar-refractivity contribution in [2.45, 2.75) is 45.3 Å². The fourth-order valence-electron chi connectivity index (χ4n) is 4.07. The highest BCUT2D eigenvalue weighted by Gasteiger charge is 2.39. The number of rotatable bonds is 5. The SMILES string of the molecule is CCCn1cc(-c2cn(-c3ccc4c(c3)CN(C3CCC(=O)NC3=O)C4=O)nn2)cn1. The second-order valence-electron chi connectivity index (χ2n) is 7.78. The van der Waals surface area contributed by atoms with E-state index in [-0.39, 0.29) is 18.2 Å². The highest BCUT2D eigenvalue weighted by atomic mass is 16.2. The topological polar surface area (TPSA) is 115 Å². The number of hydrogen-bond donors (Lipinski definition) is 1. The largest absolute Gasteiger partial charge is 0.322 e. The van der Waals surface area contributed by atoms with Gasteiger partial charge in [-0.3, -0.25) is 24.4 Å². The van der Waals surface area contributed by atoms with E-state index in [1.54, 1.807) is 16.9 Å². The number of benzene rings is 1. The van der Waals surface area contributed by atoms with Crippen LogP contribution in [0.25, 0.3) is 16.9 Å². The zero-order valence-corrected chi connectivity index (χ0v) is 17.0. The van der Waals surface area contributed by atoms with E-state index in [1.165, 1.54) is 4.90 Å². The monoisotopic (exact) mass is 419 g/mol. The zero-order chi connectivity index (χ0) is 21.5. The predicted molar refractivity (Wildman–Crippen MR) is 109 cm³/mol. The van der Waals surface area contributed by atoms with Crippen molar-refractivity contribution in [1.29, 1.82) is 0 Å². The third-order valence-corrected chi connectivity index (χ3v) is 5.65. The number of carbonyl (C=O) groups excluding carboxylic acids is 3. The molecule has 0 aliphatic carbocycles. The van der Waals surface area contributed by atoms with Crippen LogP contribution >= 0.6 is 0 Å². The maximum Gasteiger partial charge on any atom is 0.255 e. The maximum absolute atomic E-state index is 12.8. The fraction of sp³-hybridized carbons (Fsp3) is 0.333. The molecule has 5 rings (SSSR count). The molecule has 3 aromatic rings. The van der Waals surface area contributed by atoms with Crippen molar-refractivity contribution in [1.82, 2.24) is 35.0 Å². The molecule has 0 bridgehead atoms. The van der Waals surface area contributed by atoms with Gasteiger partial charge < -0.3 is 4.90 Å². The molecule has 10 nitrogen and oxygen atoms in total. The Morgan fingerprint density at radius 1 is 1.19 bits per heavy atom. The van der Waals surface area contributed by atoms with Gasteiger partial charge in [-0.1, -0.05) is 12.1 Å². The van der Waals surface area contributed by atoms with Crippen molar-refractivity contribution in [2.75, 3.05) is 0 Å². The molecule has 1 unspecified atom stereocenters. The Morgan fingerprint density at radius 2 is 2.06 bits per heavy atom. The quantitative estimate of drug-likeness (QED) is 0.624. The van der Waals surface area contributed by atoms with E-state index >= 15 is 0 Å². The fourth-order valence-corrected chi connectivity index (χ4v) is 4.07. The summed E-state index contributed by atoms with van der Waals surface area (Å²) in [6.45, 7) is 3.26. The molecule has 158 valence electrons. The molecule has 1 saturated heterocycles. The maximum atomic E-state index is 12.8. The summed E-state index contributed by atoms with van der Waals surface area (Å²) in [7, 11) is 0. The van der Waals surface area contributed by atoms with Gasteiger partial charge in [0.05, 0.1) is 18.1 Å². The molecule has 4 heterocycles. The highest BCUT2D eigenvalue weighted by Crippen LogP contribution is 2.29. The molecule has 31 heavy (non-hydrogen) atoms. The van der Waals surface area contributed by atoms with Gasteiger partial charge in [0.1, 0.15) is 11.7 Å². The third kappa shape index (κ3) is 3.39. The van der Waals surface area contributed by atoms with Crippen LogP contribution in [0.4, 0.5) is 0 Å². The number of hydrogen-bond acceptors (Lipinski definition) is 6. The molecule has 0 saturated carbocycles. The van der Waals surface area contributed by atoms with Gasteiger partial charge in [0.2, 0.25) is 11.8 Å². The Bertz CT molecular complexity index is 1200. The van der Waals surface area contributed by atoms with Crippen LogP contribution < -0.4 is 5.32 Å². The molecular formula is C21H21N7O3.